The smallest absolute Gasteiger partial charge is 0.408 e. The molecule has 0 aromatic rings. The Morgan fingerprint density at radius 2 is 2.14 bits per heavy atom. The van der Waals surface area contributed by atoms with E-state index in [1.54, 1.807) is 0 Å². The lowest BCUT2D eigenvalue weighted by Crippen LogP contribution is -2.50. The maximum atomic E-state index is 12.0. The minimum absolute atomic E-state index is 0.0800. The highest BCUT2D eigenvalue weighted by Gasteiger charge is 2.44. The summed E-state index contributed by atoms with van der Waals surface area (Å²) in [5.41, 5.74) is -0.374. The van der Waals surface area contributed by atoms with Gasteiger partial charge < -0.3 is 15.2 Å². The largest absolute Gasteiger partial charge is 0.480 e. The van der Waals surface area contributed by atoms with E-state index in [4.69, 9.17) is 11.2 Å². The molecule has 0 heterocycles. The van der Waals surface area contributed by atoms with Gasteiger partial charge in [0.05, 0.1) is 0 Å². The normalized spacial score (nSPS) is 26.7. The number of terminal acetylenes is 1. The Balaban J connectivity index is 1.78. The molecule has 5 heteroatoms. The second-order valence-electron chi connectivity index (χ2n) is 6.81. The maximum Gasteiger partial charge on any atom is 0.408 e. The molecule has 22 heavy (non-hydrogen) atoms. The van der Waals surface area contributed by atoms with Crippen molar-refractivity contribution < 1.29 is 19.4 Å². The molecule has 122 valence electrons. The Morgan fingerprint density at radius 1 is 1.45 bits per heavy atom. The van der Waals surface area contributed by atoms with Gasteiger partial charge in [0.15, 0.2) is 0 Å². The van der Waals surface area contributed by atoms with E-state index in [2.05, 4.69) is 11.2 Å². The van der Waals surface area contributed by atoms with Gasteiger partial charge in [-0.1, -0.05) is 19.8 Å². The molecule has 3 atom stereocenters. The number of hydrogen-bond donors (Lipinski definition) is 2. The van der Waals surface area contributed by atoms with Gasteiger partial charge in [-0.05, 0) is 43.4 Å². The summed E-state index contributed by atoms with van der Waals surface area (Å²) < 4.78 is 5.32. The molecule has 0 radical (unpaired) electrons. The number of aliphatic carboxylic acids is 1. The standard InChI is InChI=1S/C17H25NO4/c1-3-4-5-8-12-11-13(12)22-16(21)18-14(15(19)20)17(2)9-6-7-10-17/h1,12-14H,4-11H2,2H3,(H,18,21)(H,19,20)/t12-,13-,14-/m1/s1. The van der Waals surface area contributed by atoms with Crippen molar-refractivity contribution in [1.29, 1.82) is 0 Å². The minimum atomic E-state index is -0.984. The van der Waals surface area contributed by atoms with Crippen molar-refractivity contribution in [3.05, 3.63) is 0 Å². The average Bonchev–Trinajstić information content (AvgIpc) is 3.03. The second kappa shape index (κ2) is 7.04. The monoisotopic (exact) mass is 307 g/mol. The number of carbonyl (C=O) groups excluding carboxylic acids is 1. The number of nitrogens with one attached hydrogen (secondary N) is 1. The number of carbonyl (C=O) groups is 2. The summed E-state index contributed by atoms with van der Waals surface area (Å²) in [4.78, 5) is 23.4. The van der Waals surface area contributed by atoms with Crippen LogP contribution in [0.3, 0.4) is 0 Å². The van der Waals surface area contributed by atoms with Gasteiger partial charge in [-0.25, -0.2) is 9.59 Å². The van der Waals surface area contributed by atoms with Crippen LogP contribution in [0.15, 0.2) is 0 Å². The van der Waals surface area contributed by atoms with Crippen molar-refractivity contribution in [1.82, 2.24) is 5.32 Å². The number of ether oxygens (including phenoxy) is 1. The molecular formula is C17H25NO4. The first-order valence-electron chi connectivity index (χ1n) is 8.10. The van der Waals surface area contributed by atoms with Crippen molar-refractivity contribution in [2.24, 2.45) is 11.3 Å². The number of unbranched alkanes of at least 4 members (excludes halogenated alkanes) is 1. The molecule has 1 amide bonds. The molecule has 0 aliphatic heterocycles. The predicted octanol–water partition coefficient (Wildman–Crippen LogP) is 2.94. The highest BCUT2D eigenvalue weighted by molar-refractivity contribution is 5.81. The molecule has 2 N–H and O–H groups in total. The van der Waals surface area contributed by atoms with Crippen LogP contribution in [0.4, 0.5) is 4.79 Å². The number of alkyl carbamates (subject to hydrolysis) is 1. The fourth-order valence-electron chi connectivity index (χ4n) is 3.43. The summed E-state index contributed by atoms with van der Waals surface area (Å²) >= 11 is 0. The third kappa shape index (κ3) is 4.16. The number of hydrogen-bond acceptors (Lipinski definition) is 3. The van der Waals surface area contributed by atoms with E-state index in [0.29, 0.717) is 5.92 Å². The predicted molar refractivity (Wildman–Crippen MR) is 82.2 cm³/mol. The fraction of sp³-hybridized carbons (Fsp3) is 0.765. The molecule has 2 rings (SSSR count). The molecule has 2 aliphatic rings. The molecule has 5 nitrogen and oxygen atoms in total. The third-order valence-electron chi connectivity index (χ3n) is 4.96. The molecule has 0 unspecified atom stereocenters. The van der Waals surface area contributed by atoms with E-state index in [1.807, 2.05) is 6.92 Å². The van der Waals surface area contributed by atoms with Gasteiger partial charge in [-0.3, -0.25) is 0 Å². The summed E-state index contributed by atoms with van der Waals surface area (Å²) in [6.07, 6.45) is 11.7. The van der Waals surface area contributed by atoms with Crippen molar-refractivity contribution >= 4 is 12.1 Å². The van der Waals surface area contributed by atoms with Crippen LogP contribution < -0.4 is 5.32 Å². The second-order valence-corrected chi connectivity index (χ2v) is 6.81. The Hall–Kier alpha value is -1.70. The summed E-state index contributed by atoms with van der Waals surface area (Å²) in [6, 6.07) is -0.874. The number of carboxylic acid groups (broad SMARTS) is 1. The highest BCUT2D eigenvalue weighted by Crippen LogP contribution is 2.41. The fourth-order valence-corrected chi connectivity index (χ4v) is 3.43. The van der Waals surface area contributed by atoms with Crippen LogP contribution in [0.2, 0.25) is 0 Å². The zero-order chi connectivity index (χ0) is 16.2. The van der Waals surface area contributed by atoms with E-state index < -0.39 is 18.1 Å². The first kappa shape index (κ1) is 16.7. The van der Waals surface area contributed by atoms with Gasteiger partial charge in [0.25, 0.3) is 0 Å². The Kier molecular flexibility index (Phi) is 5.33. The highest BCUT2D eigenvalue weighted by atomic mass is 16.6. The molecular weight excluding hydrogens is 282 g/mol. The van der Waals surface area contributed by atoms with Gasteiger partial charge in [-0.2, -0.15) is 0 Å². The van der Waals surface area contributed by atoms with Crippen LogP contribution >= 0.6 is 0 Å². The topological polar surface area (TPSA) is 75.6 Å². The lowest BCUT2D eigenvalue weighted by atomic mass is 9.80. The van der Waals surface area contributed by atoms with Crippen LogP contribution in [0, 0.1) is 23.7 Å². The van der Waals surface area contributed by atoms with Gasteiger partial charge in [0, 0.05) is 6.42 Å². The zero-order valence-corrected chi connectivity index (χ0v) is 13.1. The van der Waals surface area contributed by atoms with Crippen LogP contribution in [-0.2, 0) is 9.53 Å². The molecule has 0 aromatic carbocycles. The minimum Gasteiger partial charge on any atom is -0.480 e. The lowest BCUT2D eigenvalue weighted by Gasteiger charge is -2.31. The van der Waals surface area contributed by atoms with Crippen molar-refractivity contribution in [3.63, 3.8) is 0 Å². The van der Waals surface area contributed by atoms with Crippen molar-refractivity contribution in [2.75, 3.05) is 0 Å². The summed E-state index contributed by atoms with van der Waals surface area (Å²) in [7, 11) is 0. The van der Waals surface area contributed by atoms with Crippen molar-refractivity contribution in [2.45, 2.75) is 70.4 Å². The number of carboxylic acids is 1. The average molecular weight is 307 g/mol. The Morgan fingerprint density at radius 3 is 2.73 bits per heavy atom. The van der Waals surface area contributed by atoms with Crippen LogP contribution in [0.25, 0.3) is 0 Å². The van der Waals surface area contributed by atoms with E-state index in [-0.39, 0.29) is 11.5 Å². The molecule has 0 aromatic heterocycles. The molecule has 2 saturated carbocycles. The molecule has 0 bridgehead atoms. The van der Waals surface area contributed by atoms with E-state index >= 15 is 0 Å². The van der Waals surface area contributed by atoms with Crippen LogP contribution in [0.5, 0.6) is 0 Å². The first-order chi connectivity index (χ1) is 10.5. The van der Waals surface area contributed by atoms with Gasteiger partial charge in [-0.15, -0.1) is 12.3 Å². The maximum absolute atomic E-state index is 12.0. The lowest BCUT2D eigenvalue weighted by molar-refractivity contribution is -0.142. The number of rotatable bonds is 7. The molecule has 2 fully saturated rings. The quantitative estimate of drug-likeness (QED) is 0.560. The van der Waals surface area contributed by atoms with Crippen molar-refractivity contribution in [3.8, 4) is 12.3 Å². The molecule has 0 spiro atoms. The van der Waals surface area contributed by atoms with E-state index in [9.17, 15) is 14.7 Å². The number of amides is 1. The summed E-state index contributed by atoms with van der Waals surface area (Å²) in [6.45, 7) is 1.93. The SMILES string of the molecule is C#CCCC[C@@H]1C[C@H]1OC(=O)N[C@H](C(=O)O)C1(C)CCCC1. The van der Waals surface area contributed by atoms with Crippen LogP contribution in [-0.4, -0.2) is 29.3 Å². The van der Waals surface area contributed by atoms with Gasteiger partial charge in [0.1, 0.15) is 12.1 Å². The van der Waals surface area contributed by atoms with Gasteiger partial charge >= 0.3 is 12.1 Å². The first-order valence-corrected chi connectivity index (χ1v) is 8.10. The summed E-state index contributed by atoms with van der Waals surface area (Å²) in [5, 5.41) is 12.0. The molecule has 0 saturated heterocycles. The van der Waals surface area contributed by atoms with Gasteiger partial charge in [0.2, 0.25) is 0 Å². The summed E-state index contributed by atoms with van der Waals surface area (Å²) in [5.74, 6) is 1.99. The third-order valence-corrected chi connectivity index (χ3v) is 4.96. The zero-order valence-electron chi connectivity index (χ0n) is 13.1. The van der Waals surface area contributed by atoms with E-state index in [0.717, 1.165) is 51.4 Å². The molecule has 2 aliphatic carbocycles. The van der Waals surface area contributed by atoms with E-state index in [1.165, 1.54) is 0 Å². The Labute approximate surface area is 131 Å². The van der Waals surface area contributed by atoms with Crippen LogP contribution in [0.1, 0.15) is 58.3 Å². The Bertz CT molecular complexity index is 462.